The molecule has 0 bridgehead atoms. The van der Waals surface area contributed by atoms with Crippen LogP contribution in [0.5, 0.6) is 0 Å². The second-order valence-electron chi connectivity index (χ2n) is 3.74. The summed E-state index contributed by atoms with van der Waals surface area (Å²) in [5, 5.41) is 12.8. The summed E-state index contributed by atoms with van der Waals surface area (Å²) in [7, 11) is 0. The van der Waals surface area contributed by atoms with Gasteiger partial charge in [-0.2, -0.15) is 0 Å². The van der Waals surface area contributed by atoms with Gasteiger partial charge >= 0.3 is 0 Å². The molecule has 15 heavy (non-hydrogen) atoms. The third-order valence-electron chi connectivity index (χ3n) is 2.21. The number of hydrogen-bond acceptors (Lipinski definition) is 3. The van der Waals surface area contributed by atoms with Gasteiger partial charge in [0.05, 0.1) is 9.89 Å². The van der Waals surface area contributed by atoms with E-state index in [0.29, 0.717) is 6.54 Å². The van der Waals surface area contributed by atoms with Crippen LogP contribution in [-0.4, -0.2) is 17.8 Å². The third kappa shape index (κ3) is 4.64. The minimum absolute atomic E-state index is 0.209. The number of thiophene rings is 1. The fourth-order valence-electron chi connectivity index (χ4n) is 1.41. The second-order valence-corrected chi connectivity index (χ2v) is 6.20. The first kappa shape index (κ1) is 13.2. The third-order valence-corrected chi connectivity index (χ3v) is 4.35. The lowest BCUT2D eigenvalue weighted by molar-refractivity contribution is 0.160. The Morgan fingerprint density at radius 3 is 2.87 bits per heavy atom. The first-order chi connectivity index (χ1) is 7.13. The largest absolute Gasteiger partial charge is 0.392 e. The van der Waals surface area contributed by atoms with Crippen molar-refractivity contribution in [2.75, 3.05) is 6.54 Å². The van der Waals surface area contributed by atoms with Gasteiger partial charge in [0.2, 0.25) is 0 Å². The molecule has 0 aliphatic carbocycles. The maximum absolute atomic E-state index is 9.52. The molecule has 0 spiro atoms. The summed E-state index contributed by atoms with van der Waals surface area (Å²) in [6.07, 6.45) is 1.70. The van der Waals surface area contributed by atoms with Crippen LogP contribution < -0.4 is 5.32 Å². The maximum Gasteiger partial charge on any atom is 0.0730 e. The van der Waals surface area contributed by atoms with E-state index in [-0.39, 0.29) is 6.10 Å². The number of hydrogen-bond donors (Lipinski definition) is 2. The number of aliphatic hydroxyl groups excluding tert-OH is 1. The molecule has 1 aromatic heterocycles. The van der Waals surface area contributed by atoms with Crippen molar-refractivity contribution in [3.05, 3.63) is 20.3 Å². The Labute approximate surface area is 104 Å². The molecule has 0 amide bonds. The Morgan fingerprint density at radius 1 is 1.60 bits per heavy atom. The monoisotopic (exact) mass is 291 g/mol. The van der Waals surface area contributed by atoms with E-state index in [9.17, 15) is 5.11 Å². The molecule has 2 N–H and O–H groups in total. The molecule has 1 aromatic rings. The van der Waals surface area contributed by atoms with Crippen molar-refractivity contribution in [2.45, 2.75) is 39.3 Å². The number of rotatable bonds is 6. The zero-order chi connectivity index (χ0) is 11.3. The molecule has 2 nitrogen and oxygen atoms in total. The van der Waals surface area contributed by atoms with Crippen LogP contribution in [0.25, 0.3) is 0 Å². The molecule has 0 saturated heterocycles. The van der Waals surface area contributed by atoms with E-state index in [1.165, 1.54) is 14.2 Å². The summed E-state index contributed by atoms with van der Waals surface area (Å²) in [5.74, 6) is 0. The fourth-order valence-corrected chi connectivity index (χ4v) is 3.01. The van der Waals surface area contributed by atoms with Gasteiger partial charge in [0.1, 0.15) is 0 Å². The van der Waals surface area contributed by atoms with Crippen LogP contribution >= 0.6 is 27.3 Å². The van der Waals surface area contributed by atoms with Crippen LogP contribution in [0.15, 0.2) is 9.85 Å². The number of halogens is 1. The molecular formula is C11H18BrNOS. The van der Waals surface area contributed by atoms with Gasteiger partial charge in [-0.05, 0) is 40.9 Å². The zero-order valence-electron chi connectivity index (χ0n) is 9.22. The standard InChI is InChI=1S/C11H18BrNOS/c1-3-4-9(14)6-13-7-10-5-8(2)11(12)15-10/h5,9,13-14H,3-4,6-7H2,1-2H3. The van der Waals surface area contributed by atoms with Gasteiger partial charge in [0.25, 0.3) is 0 Å². The van der Waals surface area contributed by atoms with Gasteiger partial charge < -0.3 is 10.4 Å². The molecule has 1 heterocycles. The Bertz CT molecular complexity index is 281. The Morgan fingerprint density at radius 2 is 2.33 bits per heavy atom. The Balaban J connectivity index is 2.25. The van der Waals surface area contributed by atoms with Crippen molar-refractivity contribution in [1.29, 1.82) is 0 Å². The van der Waals surface area contributed by atoms with Crippen LogP contribution in [-0.2, 0) is 6.54 Å². The lowest BCUT2D eigenvalue weighted by Crippen LogP contribution is -2.25. The first-order valence-electron chi connectivity index (χ1n) is 5.27. The molecule has 0 aliphatic rings. The van der Waals surface area contributed by atoms with E-state index >= 15 is 0 Å². The molecule has 0 aromatic carbocycles. The minimum atomic E-state index is -0.209. The number of nitrogens with one attached hydrogen (secondary N) is 1. The predicted octanol–water partition coefficient (Wildman–Crippen LogP) is 3.07. The first-order valence-corrected chi connectivity index (χ1v) is 6.88. The van der Waals surface area contributed by atoms with Crippen molar-refractivity contribution in [3.8, 4) is 0 Å². The average Bonchev–Trinajstić information content (AvgIpc) is 2.46. The van der Waals surface area contributed by atoms with Gasteiger partial charge in [-0.25, -0.2) is 0 Å². The van der Waals surface area contributed by atoms with Crippen LogP contribution in [0.4, 0.5) is 0 Å². The molecule has 0 fully saturated rings. The van der Waals surface area contributed by atoms with E-state index in [0.717, 1.165) is 19.4 Å². The second kappa shape index (κ2) is 6.63. The SMILES string of the molecule is CCCC(O)CNCc1cc(C)c(Br)s1. The van der Waals surface area contributed by atoms with Crippen LogP contribution in [0.1, 0.15) is 30.2 Å². The highest BCUT2D eigenvalue weighted by atomic mass is 79.9. The topological polar surface area (TPSA) is 32.3 Å². The predicted molar refractivity (Wildman–Crippen MR) is 69.4 cm³/mol. The zero-order valence-corrected chi connectivity index (χ0v) is 11.6. The van der Waals surface area contributed by atoms with Crippen molar-refractivity contribution >= 4 is 27.3 Å². The highest BCUT2D eigenvalue weighted by molar-refractivity contribution is 9.11. The van der Waals surface area contributed by atoms with Crippen LogP contribution in [0.3, 0.4) is 0 Å². The van der Waals surface area contributed by atoms with Gasteiger partial charge in [0.15, 0.2) is 0 Å². The Hall–Kier alpha value is 0.1000. The van der Waals surface area contributed by atoms with E-state index in [1.807, 2.05) is 0 Å². The van der Waals surface area contributed by atoms with Gasteiger partial charge in [-0.15, -0.1) is 11.3 Å². The van der Waals surface area contributed by atoms with E-state index in [4.69, 9.17) is 0 Å². The molecular weight excluding hydrogens is 274 g/mol. The lowest BCUT2D eigenvalue weighted by Gasteiger charge is -2.09. The smallest absolute Gasteiger partial charge is 0.0730 e. The number of aryl methyl sites for hydroxylation is 1. The van der Waals surface area contributed by atoms with Crippen LogP contribution in [0, 0.1) is 6.92 Å². The summed E-state index contributed by atoms with van der Waals surface area (Å²) in [5.41, 5.74) is 1.28. The summed E-state index contributed by atoms with van der Waals surface area (Å²) >= 11 is 5.26. The molecule has 1 atom stereocenters. The van der Waals surface area contributed by atoms with E-state index in [1.54, 1.807) is 11.3 Å². The molecule has 1 rings (SSSR count). The molecule has 86 valence electrons. The molecule has 0 saturated carbocycles. The van der Waals surface area contributed by atoms with Gasteiger partial charge in [-0.1, -0.05) is 13.3 Å². The quantitative estimate of drug-likeness (QED) is 0.844. The fraction of sp³-hybridized carbons (Fsp3) is 0.636. The van der Waals surface area contributed by atoms with Crippen molar-refractivity contribution in [3.63, 3.8) is 0 Å². The Kier molecular flexibility index (Phi) is 5.82. The van der Waals surface area contributed by atoms with Gasteiger partial charge in [-0.3, -0.25) is 0 Å². The van der Waals surface area contributed by atoms with Crippen LogP contribution in [0.2, 0.25) is 0 Å². The summed E-state index contributed by atoms with van der Waals surface area (Å²) in [6.45, 7) is 5.71. The number of aliphatic hydroxyl groups is 1. The summed E-state index contributed by atoms with van der Waals surface area (Å²) in [6, 6.07) is 2.17. The highest BCUT2D eigenvalue weighted by Crippen LogP contribution is 2.26. The highest BCUT2D eigenvalue weighted by Gasteiger charge is 2.04. The van der Waals surface area contributed by atoms with E-state index in [2.05, 4.69) is 41.2 Å². The van der Waals surface area contributed by atoms with E-state index < -0.39 is 0 Å². The summed E-state index contributed by atoms with van der Waals surface area (Å²) in [4.78, 5) is 1.31. The average molecular weight is 292 g/mol. The maximum atomic E-state index is 9.52. The molecule has 0 aliphatic heterocycles. The van der Waals surface area contributed by atoms with Crippen molar-refractivity contribution in [1.82, 2.24) is 5.32 Å². The van der Waals surface area contributed by atoms with Gasteiger partial charge in [0, 0.05) is 18.0 Å². The van der Waals surface area contributed by atoms with Crippen molar-refractivity contribution in [2.24, 2.45) is 0 Å². The minimum Gasteiger partial charge on any atom is -0.392 e. The van der Waals surface area contributed by atoms with Crippen molar-refractivity contribution < 1.29 is 5.11 Å². The lowest BCUT2D eigenvalue weighted by atomic mass is 10.2. The summed E-state index contributed by atoms with van der Waals surface area (Å²) < 4.78 is 1.20. The molecule has 1 unspecified atom stereocenters. The molecule has 0 radical (unpaired) electrons. The molecule has 4 heteroatoms. The normalized spacial score (nSPS) is 13.1.